The number of piperazine rings is 1. The Kier molecular flexibility index (Phi) is 4.18. The maximum absolute atomic E-state index is 12.5. The van der Waals surface area contributed by atoms with Gasteiger partial charge >= 0.3 is 0 Å². The zero-order chi connectivity index (χ0) is 14.9. The molecule has 0 aromatic heterocycles. The van der Waals surface area contributed by atoms with Gasteiger partial charge in [0.2, 0.25) is 5.91 Å². The molecule has 6 heteroatoms. The van der Waals surface area contributed by atoms with Crippen molar-refractivity contribution in [1.82, 2.24) is 10.2 Å². The average molecular weight is 297 g/mol. The molecule has 1 saturated heterocycles. The largest absolute Gasteiger partial charge is 0.507 e. The van der Waals surface area contributed by atoms with Crippen molar-refractivity contribution in [2.24, 2.45) is 5.92 Å². The maximum Gasteiger partial charge on any atom is 0.258 e. The number of halogens is 1. The molecule has 2 N–H and O–H groups in total. The first-order valence-corrected chi connectivity index (χ1v) is 6.87. The standard InChI is InChI=1S/C14H17ClN2O3/c1-8(2)12-13(19)16-5-6-17(12)14(20)10-4-3-9(15)7-11(10)18/h3-4,7-8,12,18H,5-6H2,1-2H3,(H,16,19)/t12-/m1/s1. The third-order valence-electron chi connectivity index (χ3n) is 3.34. The number of phenolic OH excluding ortho intramolecular Hbond substituents is 1. The number of hydrogen-bond donors (Lipinski definition) is 2. The summed E-state index contributed by atoms with van der Waals surface area (Å²) in [6.07, 6.45) is 0. The van der Waals surface area contributed by atoms with Crippen LogP contribution in [0.2, 0.25) is 5.02 Å². The molecule has 5 nitrogen and oxygen atoms in total. The Labute approximate surface area is 122 Å². The first-order valence-electron chi connectivity index (χ1n) is 6.49. The van der Waals surface area contributed by atoms with Gasteiger partial charge < -0.3 is 15.3 Å². The van der Waals surface area contributed by atoms with E-state index in [4.69, 9.17) is 11.6 Å². The molecule has 2 amide bonds. The lowest BCUT2D eigenvalue weighted by atomic mass is 9.98. The molecule has 1 aromatic rings. The Bertz CT molecular complexity index is 545. The molecule has 108 valence electrons. The molecule has 0 radical (unpaired) electrons. The van der Waals surface area contributed by atoms with Gasteiger partial charge in [0.25, 0.3) is 5.91 Å². The molecule has 0 saturated carbocycles. The lowest BCUT2D eigenvalue weighted by molar-refractivity contribution is -0.129. The van der Waals surface area contributed by atoms with Gasteiger partial charge in [-0.1, -0.05) is 25.4 Å². The summed E-state index contributed by atoms with van der Waals surface area (Å²) in [6, 6.07) is 3.82. The van der Waals surface area contributed by atoms with Crippen LogP contribution in [0.3, 0.4) is 0 Å². The van der Waals surface area contributed by atoms with Crippen molar-refractivity contribution in [3.63, 3.8) is 0 Å². The van der Waals surface area contributed by atoms with E-state index in [1.165, 1.54) is 17.0 Å². The molecule has 0 aliphatic carbocycles. The van der Waals surface area contributed by atoms with Crippen LogP contribution in [0.25, 0.3) is 0 Å². The second kappa shape index (κ2) is 5.71. The van der Waals surface area contributed by atoms with Crippen LogP contribution in [0, 0.1) is 5.92 Å². The highest BCUT2D eigenvalue weighted by molar-refractivity contribution is 6.30. The molecule has 0 bridgehead atoms. The number of nitrogens with zero attached hydrogens (tertiary/aromatic N) is 1. The van der Waals surface area contributed by atoms with E-state index in [9.17, 15) is 14.7 Å². The lowest BCUT2D eigenvalue weighted by Crippen LogP contribution is -2.59. The van der Waals surface area contributed by atoms with Crippen LogP contribution in [0.5, 0.6) is 5.75 Å². The number of aromatic hydroxyl groups is 1. The highest BCUT2D eigenvalue weighted by atomic mass is 35.5. The Morgan fingerprint density at radius 1 is 1.50 bits per heavy atom. The fourth-order valence-electron chi connectivity index (χ4n) is 2.42. The van der Waals surface area contributed by atoms with Crippen molar-refractivity contribution < 1.29 is 14.7 Å². The minimum Gasteiger partial charge on any atom is -0.507 e. The molecule has 1 aliphatic heterocycles. The van der Waals surface area contributed by atoms with Crippen LogP contribution in [0.4, 0.5) is 0 Å². The number of carbonyl (C=O) groups is 2. The molecular formula is C14H17ClN2O3. The van der Waals surface area contributed by atoms with E-state index in [-0.39, 0.29) is 29.0 Å². The van der Waals surface area contributed by atoms with E-state index in [0.717, 1.165) is 0 Å². The summed E-state index contributed by atoms with van der Waals surface area (Å²) in [4.78, 5) is 26.0. The maximum atomic E-state index is 12.5. The van der Waals surface area contributed by atoms with Crippen LogP contribution >= 0.6 is 11.6 Å². The summed E-state index contributed by atoms with van der Waals surface area (Å²) in [5.41, 5.74) is 0.162. The number of amides is 2. The number of nitrogens with one attached hydrogen (secondary N) is 1. The Morgan fingerprint density at radius 2 is 2.20 bits per heavy atom. The average Bonchev–Trinajstić information content (AvgIpc) is 2.37. The minimum atomic E-state index is -0.522. The summed E-state index contributed by atoms with van der Waals surface area (Å²) in [5.74, 6) is -0.689. The zero-order valence-corrected chi connectivity index (χ0v) is 12.1. The minimum absolute atomic E-state index is 0.00584. The van der Waals surface area contributed by atoms with Gasteiger partial charge in [-0.25, -0.2) is 0 Å². The summed E-state index contributed by atoms with van der Waals surface area (Å²) >= 11 is 5.76. The second-order valence-corrected chi connectivity index (χ2v) is 5.58. The van der Waals surface area contributed by atoms with E-state index in [2.05, 4.69) is 5.32 Å². The second-order valence-electron chi connectivity index (χ2n) is 5.14. The monoisotopic (exact) mass is 296 g/mol. The van der Waals surface area contributed by atoms with E-state index in [0.29, 0.717) is 18.1 Å². The molecule has 1 atom stereocenters. The Hall–Kier alpha value is -1.75. The van der Waals surface area contributed by atoms with Crippen LogP contribution in [0.1, 0.15) is 24.2 Å². The van der Waals surface area contributed by atoms with Crippen molar-refractivity contribution in [2.75, 3.05) is 13.1 Å². The first kappa shape index (κ1) is 14.7. The van der Waals surface area contributed by atoms with E-state index < -0.39 is 6.04 Å². The third kappa shape index (κ3) is 2.72. The molecular weight excluding hydrogens is 280 g/mol. The highest BCUT2D eigenvalue weighted by Gasteiger charge is 2.36. The quantitative estimate of drug-likeness (QED) is 0.872. The summed E-state index contributed by atoms with van der Waals surface area (Å²) in [5, 5.41) is 13.0. The third-order valence-corrected chi connectivity index (χ3v) is 3.57. The fourth-order valence-corrected chi connectivity index (χ4v) is 2.58. The van der Waals surface area contributed by atoms with Crippen molar-refractivity contribution in [3.05, 3.63) is 28.8 Å². The molecule has 0 spiro atoms. The summed E-state index contributed by atoms with van der Waals surface area (Å²) < 4.78 is 0. The zero-order valence-electron chi connectivity index (χ0n) is 11.4. The van der Waals surface area contributed by atoms with Gasteiger partial charge in [-0.15, -0.1) is 0 Å². The van der Waals surface area contributed by atoms with Gasteiger partial charge in [-0.05, 0) is 24.1 Å². The van der Waals surface area contributed by atoms with Gasteiger partial charge in [0, 0.05) is 18.1 Å². The molecule has 2 rings (SSSR count). The fraction of sp³-hybridized carbons (Fsp3) is 0.429. The number of carbonyl (C=O) groups excluding carboxylic acids is 2. The molecule has 1 fully saturated rings. The number of hydrogen-bond acceptors (Lipinski definition) is 3. The highest BCUT2D eigenvalue weighted by Crippen LogP contribution is 2.25. The van der Waals surface area contributed by atoms with Gasteiger partial charge in [-0.3, -0.25) is 9.59 Å². The van der Waals surface area contributed by atoms with Crippen molar-refractivity contribution in [3.8, 4) is 5.75 Å². The van der Waals surface area contributed by atoms with Crippen molar-refractivity contribution >= 4 is 23.4 Å². The lowest BCUT2D eigenvalue weighted by Gasteiger charge is -2.37. The number of benzene rings is 1. The molecule has 1 aromatic carbocycles. The van der Waals surface area contributed by atoms with Crippen LogP contribution in [-0.2, 0) is 4.79 Å². The SMILES string of the molecule is CC(C)[C@@H]1C(=O)NCCN1C(=O)c1ccc(Cl)cc1O. The van der Waals surface area contributed by atoms with Crippen LogP contribution in [0.15, 0.2) is 18.2 Å². The Morgan fingerprint density at radius 3 is 2.80 bits per heavy atom. The smallest absolute Gasteiger partial charge is 0.258 e. The van der Waals surface area contributed by atoms with Gasteiger partial charge in [0.1, 0.15) is 11.8 Å². The van der Waals surface area contributed by atoms with Gasteiger partial charge in [-0.2, -0.15) is 0 Å². The molecule has 1 aliphatic rings. The van der Waals surface area contributed by atoms with Crippen molar-refractivity contribution in [1.29, 1.82) is 0 Å². The van der Waals surface area contributed by atoms with Crippen molar-refractivity contribution in [2.45, 2.75) is 19.9 Å². The predicted octanol–water partition coefficient (Wildman–Crippen LogP) is 1.64. The van der Waals surface area contributed by atoms with Crippen LogP contribution < -0.4 is 5.32 Å². The van der Waals surface area contributed by atoms with E-state index >= 15 is 0 Å². The van der Waals surface area contributed by atoms with Gasteiger partial charge in [0.15, 0.2) is 0 Å². The molecule has 0 unspecified atom stereocenters. The van der Waals surface area contributed by atoms with E-state index in [1.807, 2.05) is 13.8 Å². The first-order chi connectivity index (χ1) is 9.41. The number of phenols is 1. The molecule has 1 heterocycles. The topological polar surface area (TPSA) is 69.6 Å². The summed E-state index contributed by atoms with van der Waals surface area (Å²) in [7, 11) is 0. The van der Waals surface area contributed by atoms with Gasteiger partial charge in [0.05, 0.1) is 5.56 Å². The van der Waals surface area contributed by atoms with Crippen LogP contribution in [-0.4, -0.2) is 41.0 Å². The molecule has 20 heavy (non-hydrogen) atoms. The summed E-state index contributed by atoms with van der Waals surface area (Å²) in [6.45, 7) is 4.62. The normalized spacial score (nSPS) is 19.1. The van der Waals surface area contributed by atoms with E-state index in [1.54, 1.807) is 6.07 Å². The number of rotatable bonds is 2. The Balaban J connectivity index is 2.33. The predicted molar refractivity (Wildman–Crippen MR) is 75.8 cm³/mol.